The van der Waals surface area contributed by atoms with Crippen LogP contribution in [0.25, 0.3) is 0 Å². The minimum Gasteiger partial charge on any atom is -0.307 e. The van der Waals surface area contributed by atoms with Gasteiger partial charge in [0.05, 0.1) is 5.56 Å². The first-order valence-electron chi connectivity index (χ1n) is 7.08. The molecule has 0 spiro atoms. The van der Waals surface area contributed by atoms with Crippen LogP contribution >= 0.6 is 0 Å². The van der Waals surface area contributed by atoms with E-state index in [-0.39, 0.29) is 22.9 Å². The Balaban J connectivity index is 2.94. The van der Waals surface area contributed by atoms with Crippen LogP contribution in [0.2, 0.25) is 0 Å². The molecule has 0 unspecified atom stereocenters. The summed E-state index contributed by atoms with van der Waals surface area (Å²) in [6.45, 7) is 8.62. The number of alkyl halides is 3. The van der Waals surface area contributed by atoms with E-state index in [1.165, 1.54) is 20.0 Å². The summed E-state index contributed by atoms with van der Waals surface area (Å²) in [4.78, 5) is 19.9. The number of carbonyl (C=O) groups is 1. The molecule has 0 bridgehead atoms. The van der Waals surface area contributed by atoms with E-state index in [4.69, 9.17) is 0 Å². The lowest BCUT2D eigenvalue weighted by atomic mass is 10.1. The summed E-state index contributed by atoms with van der Waals surface area (Å²) in [7, 11) is 0. The van der Waals surface area contributed by atoms with Gasteiger partial charge in [0.15, 0.2) is 0 Å². The SMILES string of the molecule is C/C(=C\N=C(/C)C(C)C)C(=O)Nc1cc(C(F)(F)F)c(C)cn1. The molecule has 1 aromatic heterocycles. The molecule has 0 radical (unpaired) electrons. The average Bonchev–Trinajstić information content (AvgIpc) is 2.44. The third-order valence-corrected chi connectivity index (χ3v) is 3.31. The molecule has 1 N–H and O–H groups in total. The maximum atomic E-state index is 12.8. The number of aryl methyl sites for hydroxylation is 1. The predicted molar refractivity (Wildman–Crippen MR) is 84.3 cm³/mol. The van der Waals surface area contributed by atoms with Gasteiger partial charge >= 0.3 is 6.18 Å². The van der Waals surface area contributed by atoms with Gasteiger partial charge in [0.1, 0.15) is 5.82 Å². The highest BCUT2D eigenvalue weighted by Crippen LogP contribution is 2.32. The average molecular weight is 327 g/mol. The number of rotatable bonds is 4. The Morgan fingerprint density at radius 1 is 1.35 bits per heavy atom. The molecule has 0 aliphatic heterocycles. The lowest BCUT2D eigenvalue weighted by Crippen LogP contribution is -2.16. The van der Waals surface area contributed by atoms with Crippen LogP contribution in [0.4, 0.5) is 19.0 Å². The van der Waals surface area contributed by atoms with Crippen LogP contribution in [0.5, 0.6) is 0 Å². The Labute approximate surface area is 133 Å². The van der Waals surface area contributed by atoms with Gasteiger partial charge < -0.3 is 5.32 Å². The lowest BCUT2D eigenvalue weighted by molar-refractivity contribution is -0.138. The zero-order chi connectivity index (χ0) is 17.8. The van der Waals surface area contributed by atoms with Crippen molar-refractivity contribution in [1.29, 1.82) is 0 Å². The summed E-state index contributed by atoms with van der Waals surface area (Å²) in [6.07, 6.45) is -2.02. The number of aliphatic imine (C=N–C) groups is 1. The molecule has 0 saturated carbocycles. The number of hydrogen-bond acceptors (Lipinski definition) is 3. The van der Waals surface area contributed by atoms with E-state index < -0.39 is 17.6 Å². The Morgan fingerprint density at radius 3 is 2.48 bits per heavy atom. The third-order valence-electron chi connectivity index (χ3n) is 3.31. The third kappa shape index (κ3) is 5.50. The fourth-order valence-electron chi connectivity index (χ4n) is 1.52. The molecule has 0 aliphatic rings. The van der Waals surface area contributed by atoms with Gasteiger partial charge in [-0.2, -0.15) is 13.2 Å². The summed E-state index contributed by atoms with van der Waals surface area (Å²) >= 11 is 0. The number of halogens is 3. The highest BCUT2D eigenvalue weighted by Gasteiger charge is 2.33. The van der Waals surface area contributed by atoms with Crippen molar-refractivity contribution in [1.82, 2.24) is 4.98 Å². The minimum absolute atomic E-state index is 0.0000730. The smallest absolute Gasteiger partial charge is 0.307 e. The molecule has 1 heterocycles. The fourth-order valence-corrected chi connectivity index (χ4v) is 1.52. The summed E-state index contributed by atoms with van der Waals surface area (Å²) < 4.78 is 38.5. The van der Waals surface area contributed by atoms with Crippen molar-refractivity contribution in [3.05, 3.63) is 35.2 Å². The number of carbonyl (C=O) groups excluding carboxylic acids is 1. The highest BCUT2D eigenvalue weighted by atomic mass is 19.4. The van der Waals surface area contributed by atoms with Crippen molar-refractivity contribution >= 4 is 17.4 Å². The van der Waals surface area contributed by atoms with Crippen LogP contribution in [0.3, 0.4) is 0 Å². The Morgan fingerprint density at radius 2 is 1.96 bits per heavy atom. The number of aromatic nitrogens is 1. The number of hydrogen-bond donors (Lipinski definition) is 1. The van der Waals surface area contributed by atoms with E-state index in [9.17, 15) is 18.0 Å². The van der Waals surface area contributed by atoms with Gasteiger partial charge in [-0.3, -0.25) is 9.79 Å². The van der Waals surface area contributed by atoms with E-state index in [1.54, 1.807) is 0 Å². The van der Waals surface area contributed by atoms with Gasteiger partial charge in [0.25, 0.3) is 5.91 Å². The van der Waals surface area contributed by atoms with Crippen LogP contribution in [-0.2, 0) is 11.0 Å². The van der Waals surface area contributed by atoms with Crippen molar-refractivity contribution in [2.45, 2.75) is 40.8 Å². The first-order valence-corrected chi connectivity index (χ1v) is 7.08. The number of anilines is 1. The second kappa shape index (κ2) is 7.39. The molecule has 23 heavy (non-hydrogen) atoms. The standard InChI is InChI=1S/C16H20F3N3O/c1-9(2)12(5)20-8-11(4)15(23)22-14-6-13(16(17,18)19)10(3)7-21-14/h6-9H,1-5H3,(H,21,22,23)/b11-8+,20-12+. The Bertz CT molecular complexity index is 646. The number of nitrogens with one attached hydrogen (secondary N) is 1. The maximum absolute atomic E-state index is 12.8. The van der Waals surface area contributed by atoms with Crippen molar-refractivity contribution in [3.63, 3.8) is 0 Å². The van der Waals surface area contributed by atoms with Crippen molar-refractivity contribution in [3.8, 4) is 0 Å². The monoisotopic (exact) mass is 327 g/mol. The second-order valence-corrected chi connectivity index (χ2v) is 5.57. The van der Waals surface area contributed by atoms with Crippen LogP contribution in [-0.4, -0.2) is 16.6 Å². The van der Waals surface area contributed by atoms with E-state index in [0.717, 1.165) is 18.0 Å². The second-order valence-electron chi connectivity index (χ2n) is 5.57. The molecule has 7 heteroatoms. The zero-order valence-corrected chi connectivity index (χ0v) is 13.7. The van der Waals surface area contributed by atoms with Gasteiger partial charge in [-0.15, -0.1) is 0 Å². The van der Waals surface area contributed by atoms with Gasteiger partial charge in [-0.05, 0) is 38.3 Å². The highest BCUT2D eigenvalue weighted by molar-refractivity contribution is 6.03. The molecule has 0 saturated heterocycles. The largest absolute Gasteiger partial charge is 0.416 e. The molecular formula is C16H20F3N3O. The van der Waals surface area contributed by atoms with Gasteiger partial charge in [0.2, 0.25) is 0 Å². The van der Waals surface area contributed by atoms with Crippen LogP contribution in [0, 0.1) is 12.8 Å². The maximum Gasteiger partial charge on any atom is 0.416 e. The van der Waals surface area contributed by atoms with Crippen LogP contribution in [0.15, 0.2) is 29.0 Å². The summed E-state index contributed by atoms with van der Waals surface area (Å²) in [5, 5.41) is 2.35. The van der Waals surface area contributed by atoms with Gasteiger partial charge in [-0.1, -0.05) is 13.8 Å². The Hall–Kier alpha value is -2.18. The van der Waals surface area contributed by atoms with Crippen molar-refractivity contribution in [2.24, 2.45) is 10.9 Å². The topological polar surface area (TPSA) is 54.4 Å². The molecule has 0 aromatic carbocycles. The van der Waals surface area contributed by atoms with E-state index >= 15 is 0 Å². The van der Waals surface area contributed by atoms with Gasteiger partial charge in [0, 0.05) is 23.7 Å². The number of amides is 1. The molecule has 0 fully saturated rings. The number of pyridine rings is 1. The summed E-state index contributed by atoms with van der Waals surface area (Å²) in [6, 6.07) is 0.823. The molecule has 1 rings (SSSR count). The van der Waals surface area contributed by atoms with Crippen molar-refractivity contribution < 1.29 is 18.0 Å². The molecule has 0 atom stereocenters. The molecule has 4 nitrogen and oxygen atoms in total. The van der Waals surface area contributed by atoms with E-state index in [2.05, 4.69) is 15.3 Å². The fraction of sp³-hybridized carbons (Fsp3) is 0.438. The number of nitrogens with zero attached hydrogens (tertiary/aromatic N) is 2. The van der Waals surface area contributed by atoms with E-state index in [0.29, 0.717) is 0 Å². The molecule has 1 amide bonds. The first kappa shape index (κ1) is 18.9. The van der Waals surface area contributed by atoms with Crippen molar-refractivity contribution in [2.75, 3.05) is 5.32 Å². The lowest BCUT2D eigenvalue weighted by Gasteiger charge is -2.12. The molecule has 0 aliphatic carbocycles. The Kier molecular flexibility index (Phi) is 6.06. The molecule has 126 valence electrons. The predicted octanol–water partition coefficient (Wildman–Crippen LogP) is 4.37. The normalized spacial score (nSPS) is 13.4. The zero-order valence-electron chi connectivity index (χ0n) is 13.7. The van der Waals surface area contributed by atoms with Crippen LogP contribution in [0.1, 0.15) is 38.8 Å². The van der Waals surface area contributed by atoms with Crippen LogP contribution < -0.4 is 5.32 Å². The summed E-state index contributed by atoms with van der Waals surface area (Å²) in [5.74, 6) is -0.449. The minimum atomic E-state index is -4.49. The molecule has 1 aromatic rings. The quantitative estimate of drug-likeness (QED) is 0.659. The van der Waals surface area contributed by atoms with E-state index in [1.807, 2.05) is 20.8 Å². The molecular weight excluding hydrogens is 307 g/mol. The van der Waals surface area contributed by atoms with Gasteiger partial charge in [-0.25, -0.2) is 4.98 Å². The first-order chi connectivity index (χ1) is 10.5. The summed E-state index contributed by atoms with van der Waals surface area (Å²) in [5.41, 5.74) is 0.309.